The molecule has 1 aliphatic heterocycles. The van der Waals surface area contributed by atoms with Crippen LogP contribution in [0.3, 0.4) is 0 Å². The van der Waals surface area contributed by atoms with Gasteiger partial charge in [0.15, 0.2) is 0 Å². The summed E-state index contributed by atoms with van der Waals surface area (Å²) in [4.78, 5) is 18.3. The zero-order valence-corrected chi connectivity index (χ0v) is 15.8. The first kappa shape index (κ1) is 18.2. The van der Waals surface area contributed by atoms with E-state index in [0.29, 0.717) is 11.6 Å². The number of hydrogen-bond acceptors (Lipinski definition) is 4. The summed E-state index contributed by atoms with van der Waals surface area (Å²) in [6.07, 6.45) is 0. The van der Waals surface area contributed by atoms with Crippen molar-refractivity contribution >= 4 is 34.7 Å². The van der Waals surface area contributed by atoms with Crippen LogP contribution in [0.5, 0.6) is 0 Å². The molecule has 1 saturated heterocycles. The molecule has 1 unspecified atom stereocenters. The Bertz CT molecular complexity index is 669. The molecule has 2 aromatic rings. The van der Waals surface area contributed by atoms with E-state index in [4.69, 9.17) is 11.6 Å². The topological polar surface area (TPSA) is 47.6 Å². The predicted molar refractivity (Wildman–Crippen MR) is 105 cm³/mol. The second-order valence-electron chi connectivity index (χ2n) is 6.21. The quantitative estimate of drug-likeness (QED) is 0.836. The van der Waals surface area contributed by atoms with Gasteiger partial charge in [-0.2, -0.15) is 0 Å². The molecular formula is C18H23ClN4OS. The van der Waals surface area contributed by atoms with E-state index in [1.54, 1.807) is 35.6 Å². The maximum Gasteiger partial charge on any atom is 0.319 e. The number of piperazine rings is 1. The minimum absolute atomic E-state index is 0.196. The van der Waals surface area contributed by atoms with Crippen molar-refractivity contribution in [3.63, 3.8) is 0 Å². The third-order valence-electron chi connectivity index (χ3n) is 4.41. The molecule has 25 heavy (non-hydrogen) atoms. The standard InChI is InChI=1S/C18H23ClN4OS/c1-22-8-10-23(11-9-22)16(17-3-2-12-25-17)13-20-18(24)21-15-6-4-14(19)5-7-15/h2-7,12,16H,8-11,13H2,1H3,(H2,20,21,24). The Balaban J connectivity index is 1.58. The Morgan fingerprint density at radius 3 is 2.56 bits per heavy atom. The minimum atomic E-state index is -0.196. The number of hydrogen-bond donors (Lipinski definition) is 2. The van der Waals surface area contributed by atoms with Crippen molar-refractivity contribution in [2.75, 3.05) is 45.1 Å². The van der Waals surface area contributed by atoms with Gasteiger partial charge in [-0.1, -0.05) is 17.7 Å². The van der Waals surface area contributed by atoms with E-state index in [1.165, 1.54) is 4.88 Å². The molecule has 1 fully saturated rings. The molecule has 134 valence electrons. The normalized spacial score (nSPS) is 17.2. The average molecular weight is 379 g/mol. The fourth-order valence-electron chi connectivity index (χ4n) is 2.92. The van der Waals surface area contributed by atoms with Gasteiger partial charge < -0.3 is 15.5 Å². The van der Waals surface area contributed by atoms with Crippen LogP contribution >= 0.6 is 22.9 Å². The zero-order valence-electron chi connectivity index (χ0n) is 14.2. The lowest BCUT2D eigenvalue weighted by Crippen LogP contribution is -2.48. The van der Waals surface area contributed by atoms with Crippen molar-refractivity contribution in [3.8, 4) is 0 Å². The zero-order chi connectivity index (χ0) is 17.6. The molecule has 0 spiro atoms. The van der Waals surface area contributed by atoms with E-state index in [-0.39, 0.29) is 12.1 Å². The number of nitrogens with one attached hydrogen (secondary N) is 2. The van der Waals surface area contributed by atoms with Crippen LogP contribution in [0, 0.1) is 0 Å². The van der Waals surface area contributed by atoms with Gasteiger partial charge in [-0.25, -0.2) is 4.79 Å². The van der Waals surface area contributed by atoms with Crippen LogP contribution in [0.15, 0.2) is 41.8 Å². The molecule has 0 aliphatic carbocycles. The van der Waals surface area contributed by atoms with Crippen molar-refractivity contribution in [3.05, 3.63) is 51.7 Å². The summed E-state index contributed by atoms with van der Waals surface area (Å²) in [6.45, 7) is 4.72. The van der Waals surface area contributed by atoms with E-state index in [1.807, 2.05) is 0 Å². The first-order valence-electron chi connectivity index (χ1n) is 8.38. The number of carbonyl (C=O) groups is 1. The molecule has 0 saturated carbocycles. The molecule has 1 aromatic carbocycles. The van der Waals surface area contributed by atoms with Gasteiger partial charge in [-0.3, -0.25) is 4.90 Å². The highest BCUT2D eigenvalue weighted by molar-refractivity contribution is 7.10. The monoisotopic (exact) mass is 378 g/mol. The second-order valence-corrected chi connectivity index (χ2v) is 7.63. The number of likely N-dealkylation sites (N-methyl/N-ethyl adjacent to an activating group) is 1. The molecule has 5 nitrogen and oxygen atoms in total. The Hall–Kier alpha value is -1.60. The first-order valence-corrected chi connectivity index (χ1v) is 9.64. The van der Waals surface area contributed by atoms with Gasteiger partial charge >= 0.3 is 6.03 Å². The number of benzene rings is 1. The molecule has 1 aromatic heterocycles. The first-order chi connectivity index (χ1) is 12.1. The summed E-state index contributed by atoms with van der Waals surface area (Å²) in [5.74, 6) is 0. The molecule has 0 bridgehead atoms. The Labute approximate surface area is 157 Å². The number of nitrogens with zero attached hydrogens (tertiary/aromatic N) is 2. The van der Waals surface area contributed by atoms with Gasteiger partial charge in [0, 0.05) is 48.3 Å². The highest BCUT2D eigenvalue weighted by atomic mass is 35.5. The average Bonchev–Trinajstić information content (AvgIpc) is 3.13. The highest BCUT2D eigenvalue weighted by Gasteiger charge is 2.25. The van der Waals surface area contributed by atoms with Crippen LogP contribution in [0.25, 0.3) is 0 Å². The molecule has 3 rings (SSSR count). The maximum atomic E-state index is 12.2. The number of halogens is 1. The Kier molecular flexibility index (Phi) is 6.31. The van der Waals surface area contributed by atoms with Crippen molar-refractivity contribution in [1.82, 2.24) is 15.1 Å². The molecule has 1 aliphatic rings. The predicted octanol–water partition coefficient (Wildman–Crippen LogP) is 3.51. The van der Waals surface area contributed by atoms with E-state index in [2.05, 4.69) is 45.0 Å². The molecule has 0 radical (unpaired) electrons. The summed E-state index contributed by atoms with van der Waals surface area (Å²) in [5, 5.41) is 8.60. The fraction of sp³-hybridized carbons (Fsp3) is 0.389. The van der Waals surface area contributed by atoms with Gasteiger partial charge in [-0.15, -0.1) is 11.3 Å². The van der Waals surface area contributed by atoms with Gasteiger partial charge in [-0.05, 0) is 42.8 Å². The minimum Gasteiger partial charge on any atom is -0.336 e. The van der Waals surface area contributed by atoms with Crippen molar-refractivity contribution in [2.24, 2.45) is 0 Å². The molecule has 7 heteroatoms. The van der Waals surface area contributed by atoms with E-state index in [0.717, 1.165) is 31.9 Å². The number of amides is 2. The largest absolute Gasteiger partial charge is 0.336 e. The second kappa shape index (κ2) is 8.67. The van der Waals surface area contributed by atoms with Crippen molar-refractivity contribution in [1.29, 1.82) is 0 Å². The number of anilines is 1. The number of carbonyl (C=O) groups excluding carboxylic acids is 1. The Morgan fingerprint density at radius 1 is 1.20 bits per heavy atom. The number of rotatable bonds is 5. The summed E-state index contributed by atoms with van der Waals surface area (Å²) in [7, 11) is 2.15. The summed E-state index contributed by atoms with van der Waals surface area (Å²) < 4.78 is 0. The van der Waals surface area contributed by atoms with E-state index < -0.39 is 0 Å². The van der Waals surface area contributed by atoms with Gasteiger partial charge in [0.05, 0.1) is 6.04 Å². The van der Waals surface area contributed by atoms with Crippen LogP contribution in [0.2, 0.25) is 5.02 Å². The fourth-order valence-corrected chi connectivity index (χ4v) is 3.91. The third kappa shape index (κ3) is 5.19. The smallest absolute Gasteiger partial charge is 0.319 e. The van der Waals surface area contributed by atoms with Crippen LogP contribution < -0.4 is 10.6 Å². The lowest BCUT2D eigenvalue weighted by molar-refractivity contribution is 0.113. The summed E-state index contributed by atoms with van der Waals surface area (Å²) >= 11 is 7.61. The van der Waals surface area contributed by atoms with Crippen LogP contribution in [0.1, 0.15) is 10.9 Å². The maximum absolute atomic E-state index is 12.2. The van der Waals surface area contributed by atoms with E-state index >= 15 is 0 Å². The summed E-state index contributed by atoms with van der Waals surface area (Å²) in [6, 6.07) is 11.3. The lowest BCUT2D eigenvalue weighted by Gasteiger charge is -2.37. The van der Waals surface area contributed by atoms with Crippen LogP contribution in [-0.2, 0) is 0 Å². The van der Waals surface area contributed by atoms with Crippen molar-refractivity contribution < 1.29 is 4.79 Å². The van der Waals surface area contributed by atoms with Crippen LogP contribution in [0.4, 0.5) is 10.5 Å². The van der Waals surface area contributed by atoms with E-state index in [9.17, 15) is 4.79 Å². The molecule has 2 heterocycles. The molecule has 2 N–H and O–H groups in total. The molecular weight excluding hydrogens is 356 g/mol. The Morgan fingerprint density at radius 2 is 1.92 bits per heavy atom. The van der Waals surface area contributed by atoms with Crippen LogP contribution in [-0.4, -0.2) is 55.6 Å². The summed E-state index contributed by atoms with van der Waals surface area (Å²) in [5.41, 5.74) is 0.731. The van der Waals surface area contributed by atoms with Crippen molar-refractivity contribution in [2.45, 2.75) is 6.04 Å². The van der Waals surface area contributed by atoms with Gasteiger partial charge in [0.1, 0.15) is 0 Å². The van der Waals surface area contributed by atoms with Gasteiger partial charge in [0.25, 0.3) is 0 Å². The third-order valence-corrected chi connectivity index (χ3v) is 5.63. The molecule has 1 atom stereocenters. The number of thiophene rings is 1. The lowest BCUT2D eigenvalue weighted by atomic mass is 10.1. The van der Waals surface area contributed by atoms with Gasteiger partial charge in [0.2, 0.25) is 0 Å². The molecule has 2 amide bonds. The number of urea groups is 1. The highest BCUT2D eigenvalue weighted by Crippen LogP contribution is 2.25. The SMILES string of the molecule is CN1CCN(C(CNC(=O)Nc2ccc(Cl)cc2)c2cccs2)CC1.